The highest BCUT2D eigenvalue weighted by atomic mass is 16.5. The van der Waals surface area contributed by atoms with Gasteiger partial charge in [-0.1, -0.05) is 12.1 Å². The second-order valence-corrected chi connectivity index (χ2v) is 6.85. The fourth-order valence-corrected chi connectivity index (χ4v) is 3.61. The topological polar surface area (TPSA) is 59.4 Å². The van der Waals surface area contributed by atoms with E-state index in [2.05, 4.69) is 33.4 Å². The van der Waals surface area contributed by atoms with E-state index in [1.165, 1.54) is 11.1 Å². The summed E-state index contributed by atoms with van der Waals surface area (Å²) >= 11 is 0. The number of ether oxygens (including phenoxy) is 1. The third-order valence-electron chi connectivity index (χ3n) is 5.14. The molecule has 2 aromatic rings. The minimum absolute atomic E-state index is 0.0192. The molecule has 0 unspecified atom stereocenters. The van der Waals surface area contributed by atoms with E-state index in [1.54, 1.807) is 24.0 Å². The molecule has 1 aromatic carbocycles. The van der Waals surface area contributed by atoms with Crippen LogP contribution < -0.4 is 20.5 Å². The first-order chi connectivity index (χ1) is 12.2. The van der Waals surface area contributed by atoms with Crippen LogP contribution in [0.3, 0.4) is 0 Å². The Balaban J connectivity index is 1.32. The van der Waals surface area contributed by atoms with Crippen LogP contribution in [0.1, 0.15) is 24.0 Å². The number of aryl methyl sites for hydroxylation is 1. The van der Waals surface area contributed by atoms with Gasteiger partial charge in [-0.25, -0.2) is 4.98 Å². The van der Waals surface area contributed by atoms with Gasteiger partial charge in [0.15, 0.2) is 5.82 Å². The first-order valence-corrected chi connectivity index (χ1v) is 8.95. The molecule has 2 aliphatic rings. The lowest BCUT2D eigenvalue weighted by molar-refractivity contribution is 0.356. The largest absolute Gasteiger partial charge is 0.493 e. The number of nitrogens with one attached hydrogen (secondary N) is 1. The molecule has 1 N–H and O–H groups in total. The number of anilines is 1. The van der Waals surface area contributed by atoms with Gasteiger partial charge in [0.25, 0.3) is 5.56 Å². The maximum atomic E-state index is 12.2. The monoisotopic (exact) mass is 340 g/mol. The number of hydrogen-bond acceptors (Lipinski definition) is 5. The molecular weight excluding hydrogens is 316 g/mol. The van der Waals surface area contributed by atoms with E-state index in [-0.39, 0.29) is 5.56 Å². The summed E-state index contributed by atoms with van der Waals surface area (Å²) in [6.45, 7) is 3.41. The Hall–Kier alpha value is -2.34. The minimum Gasteiger partial charge on any atom is -0.493 e. The summed E-state index contributed by atoms with van der Waals surface area (Å²) in [6, 6.07) is 6.96. The number of fused-ring (bicyclic) bond motifs is 1. The van der Waals surface area contributed by atoms with Crippen molar-refractivity contribution in [2.75, 3.05) is 24.6 Å². The zero-order valence-electron chi connectivity index (χ0n) is 14.6. The summed E-state index contributed by atoms with van der Waals surface area (Å²) in [6.07, 6.45) is 6.45. The van der Waals surface area contributed by atoms with Gasteiger partial charge in [0.2, 0.25) is 0 Å². The fourth-order valence-electron chi connectivity index (χ4n) is 3.61. The molecule has 0 atom stereocenters. The minimum atomic E-state index is -0.0192. The molecule has 6 nitrogen and oxygen atoms in total. The van der Waals surface area contributed by atoms with Crippen LogP contribution in [0.4, 0.5) is 5.82 Å². The third kappa shape index (κ3) is 3.39. The molecule has 4 rings (SSSR count). The van der Waals surface area contributed by atoms with Crippen molar-refractivity contribution < 1.29 is 4.74 Å². The van der Waals surface area contributed by atoms with Gasteiger partial charge in [-0.15, -0.1) is 0 Å². The van der Waals surface area contributed by atoms with Crippen molar-refractivity contribution in [3.8, 4) is 5.75 Å². The highest BCUT2D eigenvalue weighted by Gasteiger charge is 2.22. The van der Waals surface area contributed by atoms with Gasteiger partial charge in [-0.2, -0.15) is 0 Å². The van der Waals surface area contributed by atoms with E-state index in [0.717, 1.165) is 51.3 Å². The van der Waals surface area contributed by atoms with E-state index in [9.17, 15) is 4.79 Å². The SMILES string of the molecule is Cn1ccnc(N2CCC(NCc3ccc4c(c3)CCO4)CC2)c1=O. The highest BCUT2D eigenvalue weighted by molar-refractivity contribution is 5.40. The molecular formula is C19H24N4O2. The van der Waals surface area contributed by atoms with E-state index in [4.69, 9.17) is 4.74 Å². The van der Waals surface area contributed by atoms with E-state index in [1.807, 2.05) is 0 Å². The Labute approximate surface area is 147 Å². The maximum Gasteiger partial charge on any atom is 0.293 e. The van der Waals surface area contributed by atoms with Crippen LogP contribution in [0.5, 0.6) is 5.75 Å². The molecule has 1 saturated heterocycles. The van der Waals surface area contributed by atoms with E-state index >= 15 is 0 Å². The zero-order valence-corrected chi connectivity index (χ0v) is 14.6. The second-order valence-electron chi connectivity index (χ2n) is 6.85. The number of rotatable bonds is 4. The Morgan fingerprint density at radius 1 is 1.32 bits per heavy atom. The summed E-state index contributed by atoms with van der Waals surface area (Å²) in [7, 11) is 1.77. The molecule has 0 radical (unpaired) electrons. The van der Waals surface area contributed by atoms with Crippen LogP contribution in [-0.4, -0.2) is 35.3 Å². The van der Waals surface area contributed by atoms with Crippen LogP contribution in [0.2, 0.25) is 0 Å². The van der Waals surface area contributed by atoms with Crippen molar-refractivity contribution in [2.45, 2.75) is 31.8 Å². The van der Waals surface area contributed by atoms with Crippen LogP contribution in [0.15, 0.2) is 35.4 Å². The van der Waals surface area contributed by atoms with Crippen molar-refractivity contribution in [1.29, 1.82) is 0 Å². The zero-order chi connectivity index (χ0) is 17.2. The number of piperidine rings is 1. The van der Waals surface area contributed by atoms with Crippen LogP contribution in [0.25, 0.3) is 0 Å². The van der Waals surface area contributed by atoms with Gasteiger partial charge >= 0.3 is 0 Å². The molecule has 2 aliphatic heterocycles. The van der Waals surface area contributed by atoms with Crippen molar-refractivity contribution in [1.82, 2.24) is 14.9 Å². The summed E-state index contributed by atoms with van der Waals surface area (Å²) in [4.78, 5) is 18.6. The number of benzene rings is 1. The van der Waals surface area contributed by atoms with Gasteiger partial charge in [0.1, 0.15) is 5.75 Å². The van der Waals surface area contributed by atoms with Crippen molar-refractivity contribution in [3.05, 3.63) is 52.1 Å². The Morgan fingerprint density at radius 2 is 2.16 bits per heavy atom. The predicted octanol–water partition coefficient (Wildman–Crippen LogP) is 1.47. The average molecular weight is 340 g/mol. The molecule has 1 fully saturated rings. The van der Waals surface area contributed by atoms with Crippen molar-refractivity contribution >= 4 is 5.82 Å². The number of nitrogens with zero attached hydrogens (tertiary/aromatic N) is 3. The standard InChI is InChI=1S/C19H24N4O2/c1-22-10-7-20-18(19(22)24)23-8-4-16(5-9-23)21-13-14-2-3-17-15(12-14)6-11-25-17/h2-3,7,10,12,16,21H,4-6,8-9,11,13H2,1H3. The molecule has 0 amide bonds. The smallest absolute Gasteiger partial charge is 0.293 e. The van der Waals surface area contributed by atoms with Gasteiger partial charge in [-0.05, 0) is 30.0 Å². The van der Waals surface area contributed by atoms with Gasteiger partial charge < -0.3 is 19.5 Å². The van der Waals surface area contributed by atoms with Crippen LogP contribution in [-0.2, 0) is 20.0 Å². The molecule has 3 heterocycles. The van der Waals surface area contributed by atoms with Crippen molar-refractivity contribution in [3.63, 3.8) is 0 Å². The first-order valence-electron chi connectivity index (χ1n) is 8.95. The van der Waals surface area contributed by atoms with E-state index < -0.39 is 0 Å². The Kier molecular flexibility index (Phi) is 4.44. The molecule has 0 saturated carbocycles. The molecule has 6 heteroatoms. The molecule has 0 bridgehead atoms. The Bertz CT molecular complexity index is 809. The molecule has 0 aliphatic carbocycles. The normalized spacial score (nSPS) is 17.4. The lowest BCUT2D eigenvalue weighted by atomic mass is 10.0. The number of aromatic nitrogens is 2. The lowest BCUT2D eigenvalue weighted by Crippen LogP contribution is -2.44. The molecule has 132 valence electrons. The summed E-state index contributed by atoms with van der Waals surface area (Å²) in [5, 5.41) is 3.66. The van der Waals surface area contributed by atoms with E-state index in [0.29, 0.717) is 11.9 Å². The highest BCUT2D eigenvalue weighted by Crippen LogP contribution is 2.26. The van der Waals surface area contributed by atoms with Crippen LogP contribution in [0, 0.1) is 0 Å². The molecule has 25 heavy (non-hydrogen) atoms. The van der Waals surface area contributed by atoms with Crippen molar-refractivity contribution in [2.24, 2.45) is 7.05 Å². The molecule has 1 aromatic heterocycles. The summed E-state index contributed by atoms with van der Waals surface area (Å²) in [5.41, 5.74) is 2.61. The second kappa shape index (κ2) is 6.88. The van der Waals surface area contributed by atoms with Gasteiger partial charge in [-0.3, -0.25) is 4.79 Å². The lowest BCUT2D eigenvalue weighted by Gasteiger charge is -2.32. The van der Waals surface area contributed by atoms with Gasteiger partial charge in [0.05, 0.1) is 6.61 Å². The van der Waals surface area contributed by atoms with Crippen LogP contribution >= 0.6 is 0 Å². The number of hydrogen-bond donors (Lipinski definition) is 1. The third-order valence-corrected chi connectivity index (χ3v) is 5.14. The molecule has 0 spiro atoms. The summed E-state index contributed by atoms with van der Waals surface area (Å²) < 4.78 is 7.15. The average Bonchev–Trinajstić information content (AvgIpc) is 3.11. The maximum absolute atomic E-state index is 12.2. The summed E-state index contributed by atoms with van der Waals surface area (Å²) in [5.74, 6) is 1.61. The van der Waals surface area contributed by atoms with Gasteiger partial charge in [0, 0.05) is 51.5 Å². The predicted molar refractivity (Wildman–Crippen MR) is 97.2 cm³/mol. The quantitative estimate of drug-likeness (QED) is 0.913. The Morgan fingerprint density at radius 3 is 3.00 bits per heavy atom. The fraction of sp³-hybridized carbons (Fsp3) is 0.474. The first kappa shape index (κ1) is 16.1.